The molecule has 0 fully saturated rings. The molecule has 2 aromatic heterocycles. The number of hydrogen-bond donors (Lipinski definition) is 0. The van der Waals surface area contributed by atoms with Gasteiger partial charge in [0.2, 0.25) is 0 Å². The van der Waals surface area contributed by atoms with Gasteiger partial charge in [-0.05, 0) is 24.6 Å². The fourth-order valence-corrected chi connectivity index (χ4v) is 4.25. The van der Waals surface area contributed by atoms with E-state index in [-0.39, 0.29) is 31.1 Å². The Bertz CT molecular complexity index is 1310. The number of nitrogens with zero attached hydrogens (tertiary/aromatic N) is 2. The van der Waals surface area contributed by atoms with Crippen molar-refractivity contribution in [3.8, 4) is 5.75 Å². The largest absolute Gasteiger partial charge is 0.490 e. The third kappa shape index (κ3) is 4.60. The molecule has 0 spiro atoms. The molecule has 8 heteroatoms. The average molecular weight is 449 g/mol. The molecule has 0 amide bonds. The second kappa shape index (κ2) is 9.57. The molecule has 0 saturated carbocycles. The molecule has 32 heavy (non-hydrogen) atoms. The smallest absolute Gasteiger partial charge is 0.348 e. The Balaban J connectivity index is 1.47. The lowest BCUT2D eigenvalue weighted by molar-refractivity contribution is 0.0455. The quantitative estimate of drug-likeness (QED) is 0.231. The van der Waals surface area contributed by atoms with E-state index in [0.717, 1.165) is 11.3 Å². The zero-order valence-electron chi connectivity index (χ0n) is 17.3. The van der Waals surface area contributed by atoms with Crippen molar-refractivity contribution in [1.29, 1.82) is 0 Å². The predicted octanol–water partition coefficient (Wildman–Crippen LogP) is 3.89. The summed E-state index contributed by atoms with van der Waals surface area (Å²) in [5.41, 5.74) is 0.654. The fourth-order valence-electron chi connectivity index (χ4n) is 3.21. The summed E-state index contributed by atoms with van der Waals surface area (Å²) in [7, 11) is 0. The molecule has 0 aliphatic heterocycles. The van der Waals surface area contributed by atoms with Crippen LogP contribution in [0.3, 0.4) is 0 Å². The van der Waals surface area contributed by atoms with Crippen LogP contribution in [0.5, 0.6) is 5.75 Å². The predicted molar refractivity (Wildman–Crippen MR) is 122 cm³/mol. The number of Topliss-reactive ketones (excluding diaryl/α,β-unsaturated/α-hetero) is 1. The molecule has 0 saturated heterocycles. The van der Waals surface area contributed by atoms with Crippen LogP contribution >= 0.6 is 11.3 Å². The molecule has 0 N–H and O–H groups in total. The number of esters is 1. The van der Waals surface area contributed by atoms with Gasteiger partial charge >= 0.3 is 5.97 Å². The Labute approximate surface area is 187 Å². The van der Waals surface area contributed by atoms with Gasteiger partial charge in [-0.25, -0.2) is 9.78 Å². The molecular formula is C24H20N2O5S. The van der Waals surface area contributed by atoms with E-state index in [0.29, 0.717) is 32.0 Å². The summed E-state index contributed by atoms with van der Waals surface area (Å²) in [5.74, 6) is -0.0374. The number of rotatable bonds is 8. The summed E-state index contributed by atoms with van der Waals surface area (Å²) in [6.07, 6.45) is 1.34. The molecule has 2 heterocycles. The Morgan fingerprint density at radius 3 is 2.41 bits per heavy atom. The second-order valence-electron chi connectivity index (χ2n) is 7.00. The van der Waals surface area contributed by atoms with Crippen LogP contribution in [-0.4, -0.2) is 34.5 Å². The zero-order chi connectivity index (χ0) is 22.5. The van der Waals surface area contributed by atoms with Crippen LogP contribution < -0.4 is 10.3 Å². The summed E-state index contributed by atoms with van der Waals surface area (Å²) < 4.78 is 12.1. The molecule has 2 aromatic carbocycles. The lowest BCUT2D eigenvalue weighted by Crippen LogP contribution is -2.24. The van der Waals surface area contributed by atoms with Crippen LogP contribution in [-0.2, 0) is 11.3 Å². The first-order valence-electron chi connectivity index (χ1n) is 9.96. The average Bonchev–Trinajstić information content (AvgIpc) is 3.16. The maximum absolute atomic E-state index is 13.0. The van der Waals surface area contributed by atoms with Crippen LogP contribution in [0.1, 0.15) is 25.6 Å². The number of para-hydroxylation sites is 1. The summed E-state index contributed by atoms with van der Waals surface area (Å²) in [4.78, 5) is 43.0. The highest BCUT2D eigenvalue weighted by Crippen LogP contribution is 2.27. The number of ether oxygens (including phenoxy) is 2. The van der Waals surface area contributed by atoms with Crippen LogP contribution in [0.15, 0.2) is 71.8 Å². The van der Waals surface area contributed by atoms with E-state index >= 15 is 0 Å². The maximum Gasteiger partial charge on any atom is 0.348 e. The number of carbonyl (C=O) groups is 2. The van der Waals surface area contributed by atoms with E-state index in [9.17, 15) is 14.4 Å². The van der Waals surface area contributed by atoms with Crippen molar-refractivity contribution in [3.05, 3.63) is 93.3 Å². The molecule has 0 aliphatic carbocycles. The third-order valence-corrected chi connectivity index (χ3v) is 6.02. The second-order valence-corrected chi connectivity index (χ2v) is 8.00. The highest BCUT2D eigenvalue weighted by Gasteiger charge is 2.21. The van der Waals surface area contributed by atoms with Crippen LogP contribution in [0, 0.1) is 6.92 Å². The number of hydrogen-bond acceptors (Lipinski definition) is 7. The fraction of sp³-hybridized carbons (Fsp3) is 0.167. The minimum atomic E-state index is -0.534. The molecule has 0 bridgehead atoms. The number of thiophene rings is 1. The number of fused-ring (bicyclic) bond motifs is 1. The summed E-state index contributed by atoms with van der Waals surface area (Å²) in [5, 5.41) is 0.325. The van der Waals surface area contributed by atoms with Gasteiger partial charge in [-0.15, -0.1) is 11.3 Å². The standard InChI is InChI=1S/C24H20N2O5S/c1-16-20-22(25-15-26(23(20)28)14-19(27)17-8-4-2-5-9-17)32-21(16)24(29)31-13-12-30-18-10-6-3-7-11-18/h2-11,15H,12-14H2,1H3. The van der Waals surface area contributed by atoms with Crippen molar-refractivity contribution in [2.75, 3.05) is 13.2 Å². The van der Waals surface area contributed by atoms with Gasteiger partial charge in [-0.3, -0.25) is 14.2 Å². The first-order valence-corrected chi connectivity index (χ1v) is 10.8. The lowest BCUT2D eigenvalue weighted by atomic mass is 10.1. The van der Waals surface area contributed by atoms with Gasteiger partial charge < -0.3 is 9.47 Å². The van der Waals surface area contributed by atoms with Crippen molar-refractivity contribution in [3.63, 3.8) is 0 Å². The Kier molecular flexibility index (Phi) is 6.42. The van der Waals surface area contributed by atoms with Gasteiger partial charge in [0.1, 0.15) is 28.7 Å². The van der Waals surface area contributed by atoms with Crippen LogP contribution in [0.25, 0.3) is 10.2 Å². The summed E-state index contributed by atoms with van der Waals surface area (Å²) >= 11 is 1.10. The van der Waals surface area contributed by atoms with Crippen molar-refractivity contribution in [1.82, 2.24) is 9.55 Å². The number of aromatic nitrogens is 2. The molecule has 4 aromatic rings. The molecule has 0 aliphatic rings. The SMILES string of the molecule is Cc1c(C(=O)OCCOc2ccccc2)sc2ncn(CC(=O)c3ccccc3)c(=O)c12. The summed E-state index contributed by atoms with van der Waals surface area (Å²) in [6.45, 7) is 1.84. The first kappa shape index (κ1) is 21.5. The summed E-state index contributed by atoms with van der Waals surface area (Å²) in [6, 6.07) is 18.0. The molecule has 162 valence electrons. The molecule has 0 atom stereocenters. The number of ketones is 1. The van der Waals surface area contributed by atoms with Crippen LogP contribution in [0.4, 0.5) is 0 Å². The number of benzene rings is 2. The molecule has 0 radical (unpaired) electrons. The van der Waals surface area contributed by atoms with Gasteiger partial charge in [0, 0.05) is 5.56 Å². The normalized spacial score (nSPS) is 10.8. The van der Waals surface area contributed by atoms with Crippen molar-refractivity contribution >= 4 is 33.3 Å². The topological polar surface area (TPSA) is 87.5 Å². The molecular weight excluding hydrogens is 428 g/mol. The Morgan fingerprint density at radius 1 is 1.00 bits per heavy atom. The van der Waals surface area contributed by atoms with E-state index in [1.54, 1.807) is 31.2 Å². The Hall–Kier alpha value is -3.78. The highest BCUT2D eigenvalue weighted by molar-refractivity contribution is 7.20. The van der Waals surface area contributed by atoms with E-state index in [4.69, 9.17) is 9.47 Å². The third-order valence-electron chi connectivity index (χ3n) is 4.84. The van der Waals surface area contributed by atoms with Crippen molar-refractivity contribution < 1.29 is 19.1 Å². The molecule has 0 unspecified atom stereocenters. The highest BCUT2D eigenvalue weighted by atomic mass is 32.1. The maximum atomic E-state index is 13.0. The number of aryl methyl sites for hydroxylation is 1. The van der Waals surface area contributed by atoms with E-state index < -0.39 is 5.97 Å². The van der Waals surface area contributed by atoms with E-state index in [1.807, 2.05) is 36.4 Å². The lowest BCUT2D eigenvalue weighted by Gasteiger charge is -2.07. The molecule has 4 rings (SSSR count). The van der Waals surface area contributed by atoms with Gasteiger partial charge in [0.05, 0.1) is 18.3 Å². The number of carbonyl (C=O) groups excluding carboxylic acids is 2. The van der Waals surface area contributed by atoms with Gasteiger partial charge in [-0.1, -0.05) is 48.5 Å². The zero-order valence-corrected chi connectivity index (χ0v) is 18.1. The van der Waals surface area contributed by atoms with Crippen molar-refractivity contribution in [2.24, 2.45) is 0 Å². The van der Waals surface area contributed by atoms with Crippen molar-refractivity contribution in [2.45, 2.75) is 13.5 Å². The Morgan fingerprint density at radius 2 is 1.69 bits per heavy atom. The van der Waals surface area contributed by atoms with Crippen LogP contribution in [0.2, 0.25) is 0 Å². The minimum Gasteiger partial charge on any atom is -0.490 e. The van der Waals surface area contributed by atoms with E-state index in [1.165, 1.54) is 10.9 Å². The van der Waals surface area contributed by atoms with E-state index in [2.05, 4.69) is 4.98 Å². The van der Waals surface area contributed by atoms with Gasteiger partial charge in [0.25, 0.3) is 5.56 Å². The first-order chi connectivity index (χ1) is 15.5. The minimum absolute atomic E-state index is 0.0741. The van der Waals surface area contributed by atoms with Gasteiger partial charge in [-0.2, -0.15) is 0 Å². The van der Waals surface area contributed by atoms with Gasteiger partial charge in [0.15, 0.2) is 5.78 Å². The molecule has 7 nitrogen and oxygen atoms in total. The monoisotopic (exact) mass is 448 g/mol.